The number of hydrogen-bond acceptors (Lipinski definition) is 2. The van der Waals surface area contributed by atoms with Gasteiger partial charge < -0.3 is 4.98 Å². The lowest BCUT2D eigenvalue weighted by molar-refractivity contribution is 1.47. The number of H-pyrrole nitrogens is 1. The van der Waals surface area contributed by atoms with Gasteiger partial charge in [-0.2, -0.15) is 5.26 Å². The third-order valence-corrected chi connectivity index (χ3v) is 4.54. The van der Waals surface area contributed by atoms with Crippen LogP contribution in [-0.2, 0) is 0 Å². The fourth-order valence-electron chi connectivity index (χ4n) is 1.86. The van der Waals surface area contributed by atoms with Gasteiger partial charge in [0.25, 0.3) is 0 Å². The molecule has 2 nitrogen and oxygen atoms in total. The molecule has 0 saturated heterocycles. The number of halogens is 1. The zero-order chi connectivity index (χ0) is 11.8. The van der Waals surface area contributed by atoms with Crippen LogP contribution < -0.4 is 0 Å². The van der Waals surface area contributed by atoms with E-state index in [9.17, 15) is 0 Å². The Labute approximate surface area is 111 Å². The maximum Gasteiger partial charge on any atom is 0.0991 e. The number of thiophene rings is 1. The van der Waals surface area contributed by atoms with Crippen molar-refractivity contribution in [2.24, 2.45) is 0 Å². The molecule has 1 aromatic carbocycles. The Morgan fingerprint density at radius 3 is 2.88 bits per heavy atom. The van der Waals surface area contributed by atoms with E-state index in [1.165, 1.54) is 4.88 Å². The van der Waals surface area contributed by atoms with Crippen LogP contribution >= 0.6 is 27.3 Å². The van der Waals surface area contributed by atoms with E-state index in [0.717, 1.165) is 20.9 Å². The predicted octanol–water partition coefficient (Wildman–Crippen LogP) is 4.53. The van der Waals surface area contributed by atoms with E-state index >= 15 is 0 Å². The van der Waals surface area contributed by atoms with Crippen molar-refractivity contribution in [2.75, 3.05) is 0 Å². The zero-order valence-electron chi connectivity index (χ0n) is 8.70. The van der Waals surface area contributed by atoms with E-state index in [4.69, 9.17) is 5.26 Å². The molecular weight excluding hydrogens is 296 g/mol. The van der Waals surface area contributed by atoms with Crippen molar-refractivity contribution in [3.05, 3.63) is 45.9 Å². The smallest absolute Gasteiger partial charge is 0.0991 e. The monoisotopic (exact) mass is 302 g/mol. The van der Waals surface area contributed by atoms with Crippen molar-refractivity contribution in [1.29, 1.82) is 5.26 Å². The normalized spacial score (nSPS) is 10.6. The Balaban J connectivity index is 2.31. The second kappa shape index (κ2) is 4.02. The molecule has 0 bridgehead atoms. The molecule has 0 unspecified atom stereocenters. The van der Waals surface area contributed by atoms with Gasteiger partial charge in [-0.1, -0.05) is 0 Å². The Hall–Kier alpha value is -1.57. The van der Waals surface area contributed by atoms with Crippen LogP contribution in [-0.4, -0.2) is 4.98 Å². The van der Waals surface area contributed by atoms with Crippen molar-refractivity contribution in [1.82, 2.24) is 4.98 Å². The van der Waals surface area contributed by atoms with Gasteiger partial charge in [0, 0.05) is 27.1 Å². The minimum atomic E-state index is 0.686. The lowest BCUT2D eigenvalue weighted by Gasteiger charge is -1.97. The minimum Gasteiger partial charge on any atom is -0.361 e. The maximum atomic E-state index is 8.94. The molecule has 3 rings (SSSR count). The molecule has 0 aliphatic carbocycles. The van der Waals surface area contributed by atoms with Gasteiger partial charge in [-0.05, 0) is 45.6 Å². The van der Waals surface area contributed by atoms with Crippen LogP contribution in [0.3, 0.4) is 0 Å². The van der Waals surface area contributed by atoms with Crippen LogP contribution in [0.5, 0.6) is 0 Å². The largest absolute Gasteiger partial charge is 0.361 e. The summed E-state index contributed by atoms with van der Waals surface area (Å²) in [5.74, 6) is 0. The molecule has 0 aliphatic rings. The van der Waals surface area contributed by atoms with E-state index in [1.54, 1.807) is 11.3 Å². The number of aromatic nitrogens is 1. The van der Waals surface area contributed by atoms with Crippen molar-refractivity contribution >= 4 is 38.2 Å². The molecule has 0 spiro atoms. The van der Waals surface area contributed by atoms with Crippen LogP contribution in [0, 0.1) is 11.3 Å². The fourth-order valence-corrected chi connectivity index (χ4v) is 3.48. The van der Waals surface area contributed by atoms with Crippen molar-refractivity contribution < 1.29 is 0 Å². The zero-order valence-corrected chi connectivity index (χ0v) is 11.1. The molecule has 0 atom stereocenters. The van der Waals surface area contributed by atoms with E-state index in [1.807, 2.05) is 35.8 Å². The van der Waals surface area contributed by atoms with Gasteiger partial charge in [-0.25, -0.2) is 0 Å². The van der Waals surface area contributed by atoms with Crippen LogP contribution in [0.15, 0.2) is 40.3 Å². The summed E-state index contributed by atoms with van der Waals surface area (Å²) >= 11 is 5.23. The van der Waals surface area contributed by atoms with Crippen LogP contribution in [0.2, 0.25) is 0 Å². The quantitative estimate of drug-likeness (QED) is 0.705. The summed E-state index contributed by atoms with van der Waals surface area (Å²) in [4.78, 5) is 4.42. The molecule has 82 valence electrons. The highest BCUT2D eigenvalue weighted by atomic mass is 79.9. The second-order valence-corrected chi connectivity index (χ2v) is 5.44. The first-order valence-corrected chi connectivity index (χ1v) is 6.71. The summed E-state index contributed by atoms with van der Waals surface area (Å²) in [5, 5.41) is 12.1. The molecule has 2 aromatic heterocycles. The van der Waals surface area contributed by atoms with Crippen LogP contribution in [0.1, 0.15) is 5.56 Å². The number of fused-ring (bicyclic) bond motifs is 1. The number of benzene rings is 1. The van der Waals surface area contributed by atoms with Crippen molar-refractivity contribution in [3.63, 3.8) is 0 Å². The third kappa shape index (κ3) is 1.68. The molecule has 0 fully saturated rings. The number of aromatic amines is 1. The van der Waals surface area contributed by atoms with E-state index in [2.05, 4.69) is 27.0 Å². The molecule has 0 radical (unpaired) electrons. The highest BCUT2D eigenvalue weighted by molar-refractivity contribution is 9.10. The molecule has 0 amide bonds. The lowest BCUT2D eigenvalue weighted by atomic mass is 10.1. The van der Waals surface area contributed by atoms with Crippen molar-refractivity contribution in [3.8, 4) is 16.5 Å². The molecule has 1 N–H and O–H groups in total. The number of nitriles is 1. The standard InChI is InChI=1S/C13H7BrN2S/c14-11-3-4-17-13(11)10-7-16-12-2-1-8(6-15)5-9(10)12/h1-5,7,16H. The first-order valence-electron chi connectivity index (χ1n) is 5.04. The minimum absolute atomic E-state index is 0.686. The van der Waals surface area contributed by atoms with Gasteiger partial charge in [0.15, 0.2) is 0 Å². The van der Waals surface area contributed by atoms with Gasteiger partial charge in [-0.15, -0.1) is 11.3 Å². The highest BCUT2D eigenvalue weighted by Gasteiger charge is 2.10. The summed E-state index contributed by atoms with van der Waals surface area (Å²) < 4.78 is 1.09. The van der Waals surface area contributed by atoms with Gasteiger partial charge in [0.1, 0.15) is 0 Å². The average Bonchev–Trinajstić information content (AvgIpc) is 2.94. The van der Waals surface area contributed by atoms with Gasteiger partial charge in [0.2, 0.25) is 0 Å². The first kappa shape index (κ1) is 10.6. The topological polar surface area (TPSA) is 39.6 Å². The average molecular weight is 303 g/mol. The van der Waals surface area contributed by atoms with Crippen LogP contribution in [0.4, 0.5) is 0 Å². The molecule has 4 heteroatoms. The Morgan fingerprint density at radius 2 is 2.18 bits per heavy atom. The summed E-state index contributed by atoms with van der Waals surface area (Å²) in [6.07, 6.45) is 1.99. The van der Waals surface area contributed by atoms with Gasteiger partial charge in [-0.3, -0.25) is 0 Å². The summed E-state index contributed by atoms with van der Waals surface area (Å²) in [6, 6.07) is 9.90. The number of nitrogens with one attached hydrogen (secondary N) is 1. The molecular formula is C13H7BrN2S. The SMILES string of the molecule is N#Cc1ccc2[nH]cc(-c3sccc3Br)c2c1. The fraction of sp³-hybridized carbons (Fsp3) is 0. The molecule has 17 heavy (non-hydrogen) atoms. The maximum absolute atomic E-state index is 8.94. The first-order chi connectivity index (χ1) is 8.29. The van der Waals surface area contributed by atoms with Crippen molar-refractivity contribution in [2.45, 2.75) is 0 Å². The number of hydrogen-bond donors (Lipinski definition) is 1. The number of nitrogens with zero attached hydrogens (tertiary/aromatic N) is 1. The van der Waals surface area contributed by atoms with E-state index < -0.39 is 0 Å². The molecule has 2 heterocycles. The molecule has 0 saturated carbocycles. The van der Waals surface area contributed by atoms with E-state index in [0.29, 0.717) is 5.56 Å². The van der Waals surface area contributed by atoms with Gasteiger partial charge >= 0.3 is 0 Å². The summed E-state index contributed by atoms with van der Waals surface area (Å²) in [6.45, 7) is 0. The lowest BCUT2D eigenvalue weighted by Crippen LogP contribution is -1.75. The number of rotatable bonds is 1. The molecule has 3 aromatic rings. The Kier molecular flexibility index (Phi) is 2.50. The summed E-state index contributed by atoms with van der Waals surface area (Å²) in [7, 11) is 0. The predicted molar refractivity (Wildman–Crippen MR) is 74.0 cm³/mol. The Bertz CT molecular complexity index is 733. The molecule has 0 aliphatic heterocycles. The Morgan fingerprint density at radius 1 is 1.29 bits per heavy atom. The van der Waals surface area contributed by atoms with Crippen LogP contribution in [0.25, 0.3) is 21.3 Å². The second-order valence-electron chi connectivity index (χ2n) is 3.67. The van der Waals surface area contributed by atoms with E-state index in [-0.39, 0.29) is 0 Å². The van der Waals surface area contributed by atoms with Gasteiger partial charge in [0.05, 0.1) is 16.5 Å². The highest BCUT2D eigenvalue weighted by Crippen LogP contribution is 2.37. The third-order valence-electron chi connectivity index (χ3n) is 2.67. The summed E-state index contributed by atoms with van der Waals surface area (Å²) in [5.41, 5.74) is 2.88.